The van der Waals surface area contributed by atoms with Crippen molar-refractivity contribution in [1.82, 2.24) is 10.6 Å². The molecule has 2 atom stereocenters. The number of hydrogen-bond acceptors (Lipinski definition) is 4. The van der Waals surface area contributed by atoms with Crippen LogP contribution >= 0.6 is 0 Å². The summed E-state index contributed by atoms with van der Waals surface area (Å²) in [6.45, 7) is 8.87. The molecule has 0 saturated carbocycles. The van der Waals surface area contributed by atoms with E-state index in [9.17, 15) is 14.4 Å². The Kier molecular flexibility index (Phi) is 7.61. The van der Waals surface area contributed by atoms with Crippen molar-refractivity contribution < 1.29 is 19.1 Å². The molecule has 0 saturated heterocycles. The molecule has 0 unspecified atom stereocenters. The van der Waals surface area contributed by atoms with Crippen LogP contribution in [0.5, 0.6) is 0 Å². The molecule has 138 valence electrons. The number of carbonyl (C=O) groups excluding carboxylic acids is 3. The van der Waals surface area contributed by atoms with E-state index in [0.717, 1.165) is 12.0 Å². The maximum atomic E-state index is 12.5. The van der Waals surface area contributed by atoms with Gasteiger partial charge >= 0.3 is 12.0 Å². The molecule has 0 aliphatic heterocycles. The van der Waals surface area contributed by atoms with E-state index in [0.29, 0.717) is 0 Å². The summed E-state index contributed by atoms with van der Waals surface area (Å²) in [7, 11) is 0. The third-order valence-corrected chi connectivity index (χ3v) is 3.71. The van der Waals surface area contributed by atoms with Gasteiger partial charge in [-0.1, -0.05) is 50.6 Å². The minimum atomic E-state index is -0.661. The summed E-state index contributed by atoms with van der Waals surface area (Å²) in [6, 6.07) is 8.73. The van der Waals surface area contributed by atoms with Gasteiger partial charge < -0.3 is 10.1 Å². The number of benzene rings is 1. The van der Waals surface area contributed by atoms with E-state index in [2.05, 4.69) is 10.6 Å². The maximum Gasteiger partial charge on any atom is 0.321 e. The fourth-order valence-electron chi connectivity index (χ4n) is 2.35. The second-order valence-corrected chi connectivity index (χ2v) is 7.13. The molecule has 3 amide bonds. The molecule has 0 fully saturated rings. The smallest absolute Gasteiger partial charge is 0.321 e. The molecule has 25 heavy (non-hydrogen) atoms. The van der Waals surface area contributed by atoms with Gasteiger partial charge in [0.15, 0.2) is 6.61 Å². The van der Waals surface area contributed by atoms with Crippen LogP contribution in [0.25, 0.3) is 0 Å². The van der Waals surface area contributed by atoms with Gasteiger partial charge in [0.05, 0.1) is 5.92 Å². The molecular formula is C19H28N2O4. The number of nitrogens with one attached hydrogen (secondary N) is 2. The van der Waals surface area contributed by atoms with Crippen LogP contribution in [0.3, 0.4) is 0 Å². The van der Waals surface area contributed by atoms with Crippen LogP contribution < -0.4 is 10.6 Å². The topological polar surface area (TPSA) is 84.5 Å². The quantitative estimate of drug-likeness (QED) is 0.774. The van der Waals surface area contributed by atoms with Crippen LogP contribution in [-0.2, 0) is 14.3 Å². The van der Waals surface area contributed by atoms with Crippen LogP contribution in [0.4, 0.5) is 4.79 Å². The molecule has 2 N–H and O–H groups in total. The highest BCUT2D eigenvalue weighted by molar-refractivity contribution is 5.96. The Labute approximate surface area is 149 Å². The van der Waals surface area contributed by atoms with E-state index in [1.165, 1.54) is 0 Å². The zero-order chi connectivity index (χ0) is 19.0. The summed E-state index contributed by atoms with van der Waals surface area (Å²) in [5.41, 5.74) is 0.392. The van der Waals surface area contributed by atoms with E-state index < -0.39 is 36.0 Å². The number of hydrogen-bond donors (Lipinski definition) is 2. The summed E-state index contributed by atoms with van der Waals surface area (Å²) in [4.78, 5) is 35.9. The molecule has 0 aliphatic rings. The summed E-state index contributed by atoms with van der Waals surface area (Å²) in [5, 5.41) is 4.75. The number of ether oxygens (including phenoxy) is 1. The fourth-order valence-corrected chi connectivity index (χ4v) is 2.35. The lowest BCUT2D eigenvalue weighted by Gasteiger charge is -2.22. The third-order valence-electron chi connectivity index (χ3n) is 3.71. The van der Waals surface area contributed by atoms with E-state index in [4.69, 9.17) is 4.74 Å². The molecule has 1 rings (SSSR count). The van der Waals surface area contributed by atoms with Crippen molar-refractivity contribution in [2.24, 2.45) is 5.92 Å². The molecule has 0 spiro atoms. The number of imide groups is 1. The minimum absolute atomic E-state index is 0.0714. The average Bonchev–Trinajstić information content (AvgIpc) is 2.52. The summed E-state index contributed by atoms with van der Waals surface area (Å²) in [5.74, 6) is -1.50. The lowest BCUT2D eigenvalue weighted by molar-refractivity contribution is -0.151. The van der Waals surface area contributed by atoms with Gasteiger partial charge in [0, 0.05) is 5.54 Å². The Bertz CT molecular complexity index is 593. The van der Waals surface area contributed by atoms with Crippen molar-refractivity contribution in [2.45, 2.75) is 52.5 Å². The molecule has 0 aliphatic carbocycles. The van der Waals surface area contributed by atoms with Gasteiger partial charge in [-0.2, -0.15) is 0 Å². The zero-order valence-corrected chi connectivity index (χ0v) is 15.6. The normalized spacial score (nSPS) is 13.5. The summed E-state index contributed by atoms with van der Waals surface area (Å²) in [6.07, 6.45) is 0.800. The van der Waals surface area contributed by atoms with Crippen molar-refractivity contribution in [2.75, 3.05) is 6.61 Å². The van der Waals surface area contributed by atoms with Crippen molar-refractivity contribution in [1.29, 1.82) is 0 Å². The monoisotopic (exact) mass is 348 g/mol. The molecule has 0 radical (unpaired) electrons. The van der Waals surface area contributed by atoms with Crippen molar-refractivity contribution >= 4 is 17.9 Å². The van der Waals surface area contributed by atoms with Crippen LogP contribution in [-0.4, -0.2) is 30.1 Å². The van der Waals surface area contributed by atoms with Gasteiger partial charge in [-0.05, 0) is 32.3 Å². The van der Waals surface area contributed by atoms with Gasteiger partial charge in [-0.15, -0.1) is 0 Å². The van der Waals surface area contributed by atoms with Crippen LogP contribution in [0, 0.1) is 5.92 Å². The number of amides is 3. The van der Waals surface area contributed by atoms with Gasteiger partial charge in [0.2, 0.25) is 0 Å². The van der Waals surface area contributed by atoms with Crippen molar-refractivity contribution in [3.63, 3.8) is 0 Å². The van der Waals surface area contributed by atoms with Crippen LogP contribution in [0.2, 0.25) is 0 Å². The molecule has 0 bridgehead atoms. The number of urea groups is 1. The Balaban J connectivity index is 2.63. The van der Waals surface area contributed by atoms with Crippen molar-refractivity contribution in [3.8, 4) is 0 Å². The SMILES string of the molecule is CC[C@H](C)[C@@H](C(=O)OCC(=O)NC(=O)NC(C)(C)C)c1ccccc1. The van der Waals surface area contributed by atoms with Gasteiger partial charge in [-0.25, -0.2) is 4.79 Å². The predicted molar refractivity (Wildman–Crippen MR) is 96.0 cm³/mol. The minimum Gasteiger partial charge on any atom is -0.455 e. The van der Waals surface area contributed by atoms with Crippen LogP contribution in [0.15, 0.2) is 30.3 Å². The molecular weight excluding hydrogens is 320 g/mol. The molecule has 1 aromatic rings. The molecule has 0 aromatic heterocycles. The maximum absolute atomic E-state index is 12.5. The second-order valence-electron chi connectivity index (χ2n) is 7.13. The average molecular weight is 348 g/mol. The highest BCUT2D eigenvalue weighted by Crippen LogP contribution is 2.28. The first-order valence-electron chi connectivity index (χ1n) is 8.47. The largest absolute Gasteiger partial charge is 0.455 e. The van der Waals surface area contributed by atoms with Gasteiger partial charge in [0.1, 0.15) is 0 Å². The Hall–Kier alpha value is -2.37. The number of rotatable bonds is 6. The molecule has 0 heterocycles. The first-order chi connectivity index (χ1) is 11.6. The Morgan fingerprint density at radius 1 is 1.12 bits per heavy atom. The standard InChI is InChI=1S/C19H28N2O4/c1-6-13(2)16(14-10-8-7-9-11-14)17(23)25-12-15(22)20-18(24)21-19(3,4)5/h7-11,13,16H,6,12H2,1-5H3,(H2,20,21,22,24)/t13-,16+/m0/s1. The zero-order valence-electron chi connectivity index (χ0n) is 15.6. The Morgan fingerprint density at radius 2 is 1.72 bits per heavy atom. The Morgan fingerprint density at radius 3 is 2.24 bits per heavy atom. The van der Waals surface area contributed by atoms with E-state index in [1.54, 1.807) is 20.8 Å². The second kappa shape index (κ2) is 9.20. The predicted octanol–water partition coefficient (Wildman–Crippen LogP) is 2.98. The van der Waals surface area contributed by atoms with E-state index in [1.807, 2.05) is 44.2 Å². The number of carbonyl (C=O) groups is 3. The summed E-state index contributed by atoms with van der Waals surface area (Å²) < 4.78 is 5.14. The molecule has 6 nitrogen and oxygen atoms in total. The molecule has 6 heteroatoms. The highest BCUT2D eigenvalue weighted by Gasteiger charge is 2.28. The highest BCUT2D eigenvalue weighted by atomic mass is 16.5. The first-order valence-corrected chi connectivity index (χ1v) is 8.47. The number of esters is 1. The lowest BCUT2D eigenvalue weighted by atomic mass is 9.86. The fraction of sp³-hybridized carbons (Fsp3) is 0.526. The van der Waals surface area contributed by atoms with Crippen LogP contribution in [0.1, 0.15) is 52.5 Å². The van der Waals surface area contributed by atoms with E-state index >= 15 is 0 Å². The van der Waals surface area contributed by atoms with Gasteiger partial charge in [0.25, 0.3) is 5.91 Å². The first kappa shape index (κ1) is 20.7. The van der Waals surface area contributed by atoms with Crippen molar-refractivity contribution in [3.05, 3.63) is 35.9 Å². The summed E-state index contributed by atoms with van der Waals surface area (Å²) >= 11 is 0. The molecule has 1 aromatic carbocycles. The third kappa shape index (κ3) is 7.37. The van der Waals surface area contributed by atoms with Gasteiger partial charge in [-0.3, -0.25) is 14.9 Å². The lowest BCUT2D eigenvalue weighted by Crippen LogP contribution is -2.49. The van der Waals surface area contributed by atoms with E-state index in [-0.39, 0.29) is 5.92 Å².